The number of benzene rings is 1. The Labute approximate surface area is 129 Å². The molecule has 0 bridgehead atoms. The van der Waals surface area contributed by atoms with Gasteiger partial charge in [0, 0.05) is 13.1 Å². The van der Waals surface area contributed by atoms with E-state index >= 15 is 0 Å². The van der Waals surface area contributed by atoms with Crippen LogP contribution in [0.3, 0.4) is 0 Å². The number of carbonyl (C=O) groups is 1. The fraction of sp³-hybridized carbons (Fsp3) is 0.562. The molecule has 0 radical (unpaired) electrons. The van der Waals surface area contributed by atoms with Crippen molar-refractivity contribution in [1.82, 2.24) is 10.2 Å². The van der Waals surface area contributed by atoms with Crippen LogP contribution in [0.5, 0.6) is 5.75 Å². The summed E-state index contributed by atoms with van der Waals surface area (Å²) in [4.78, 5) is 14.1. The summed E-state index contributed by atoms with van der Waals surface area (Å²) in [7, 11) is 0. The maximum Gasteiger partial charge on any atom is 0.255 e. The first kappa shape index (κ1) is 15.2. The Bertz CT molecular complexity index is 524. The maximum atomic E-state index is 12.5. The molecule has 0 aliphatic carbocycles. The number of fused-ring (bicyclic) bond motifs is 1. The lowest BCUT2D eigenvalue weighted by atomic mass is 10.1. The standard InChI is InChI=1S/C16H21FN2O3/c17-7-9-19-8-3-4-12(11-19)21-15-10-18-16(20)13-5-1-2-6-14(13)22-15/h1-2,5-6,12,15H,3-4,7-11H2,(H,18,20). The third-order valence-corrected chi connectivity index (χ3v) is 4.03. The zero-order valence-electron chi connectivity index (χ0n) is 12.5. The third kappa shape index (κ3) is 3.56. The fourth-order valence-electron chi connectivity index (χ4n) is 2.95. The summed E-state index contributed by atoms with van der Waals surface area (Å²) >= 11 is 0. The molecule has 22 heavy (non-hydrogen) atoms. The number of nitrogens with zero attached hydrogens (tertiary/aromatic N) is 1. The Hall–Kier alpha value is -1.66. The van der Waals surface area contributed by atoms with Crippen molar-refractivity contribution in [3.05, 3.63) is 29.8 Å². The Morgan fingerprint density at radius 1 is 1.41 bits per heavy atom. The third-order valence-electron chi connectivity index (χ3n) is 4.03. The maximum absolute atomic E-state index is 12.5. The topological polar surface area (TPSA) is 50.8 Å². The van der Waals surface area contributed by atoms with E-state index in [0.717, 1.165) is 19.4 Å². The number of para-hydroxylation sites is 1. The summed E-state index contributed by atoms with van der Waals surface area (Å²) < 4.78 is 24.3. The number of amides is 1. The predicted molar refractivity (Wildman–Crippen MR) is 79.7 cm³/mol. The molecule has 120 valence electrons. The number of alkyl halides is 1. The van der Waals surface area contributed by atoms with Crippen LogP contribution in [0.1, 0.15) is 23.2 Å². The molecule has 2 unspecified atom stereocenters. The molecule has 1 saturated heterocycles. The number of likely N-dealkylation sites (tertiary alicyclic amines) is 1. The molecule has 1 fully saturated rings. The van der Waals surface area contributed by atoms with Gasteiger partial charge in [-0.3, -0.25) is 9.69 Å². The van der Waals surface area contributed by atoms with Crippen molar-refractivity contribution in [2.24, 2.45) is 0 Å². The molecular weight excluding hydrogens is 287 g/mol. The molecular formula is C16H21FN2O3. The normalized spacial score (nSPS) is 25.8. The first-order chi connectivity index (χ1) is 10.8. The molecule has 3 rings (SSSR count). The number of hydrogen-bond donors (Lipinski definition) is 1. The molecule has 2 heterocycles. The Kier molecular flexibility index (Phi) is 4.90. The number of rotatable bonds is 4. The SMILES string of the molecule is O=C1NCC(OC2CCCN(CCF)C2)Oc2ccccc21. The highest BCUT2D eigenvalue weighted by molar-refractivity contribution is 5.97. The molecule has 1 amide bonds. The first-order valence-electron chi connectivity index (χ1n) is 7.74. The number of ether oxygens (including phenoxy) is 2. The fourth-order valence-corrected chi connectivity index (χ4v) is 2.95. The van der Waals surface area contributed by atoms with E-state index in [1.807, 2.05) is 6.07 Å². The van der Waals surface area contributed by atoms with Gasteiger partial charge in [-0.05, 0) is 31.5 Å². The molecule has 1 aromatic rings. The second-order valence-corrected chi connectivity index (χ2v) is 5.64. The van der Waals surface area contributed by atoms with Gasteiger partial charge < -0.3 is 14.8 Å². The number of nitrogens with one attached hydrogen (secondary N) is 1. The number of carbonyl (C=O) groups excluding carboxylic acids is 1. The van der Waals surface area contributed by atoms with Crippen molar-refractivity contribution >= 4 is 5.91 Å². The van der Waals surface area contributed by atoms with E-state index < -0.39 is 6.29 Å². The van der Waals surface area contributed by atoms with Gasteiger partial charge in [0.2, 0.25) is 6.29 Å². The number of hydrogen-bond acceptors (Lipinski definition) is 4. The molecule has 2 aliphatic heterocycles. The van der Waals surface area contributed by atoms with Crippen LogP contribution in [0.4, 0.5) is 4.39 Å². The molecule has 0 aromatic heterocycles. The van der Waals surface area contributed by atoms with Crippen molar-refractivity contribution < 1.29 is 18.7 Å². The van der Waals surface area contributed by atoms with Crippen molar-refractivity contribution in [2.45, 2.75) is 25.2 Å². The lowest BCUT2D eigenvalue weighted by molar-refractivity contribution is -0.130. The van der Waals surface area contributed by atoms with Gasteiger partial charge in [0.25, 0.3) is 5.91 Å². The van der Waals surface area contributed by atoms with E-state index in [1.165, 1.54) is 0 Å². The summed E-state index contributed by atoms with van der Waals surface area (Å²) in [6.07, 6.45) is 1.41. The van der Waals surface area contributed by atoms with E-state index in [1.54, 1.807) is 18.2 Å². The van der Waals surface area contributed by atoms with E-state index in [2.05, 4.69) is 10.2 Å². The van der Waals surface area contributed by atoms with E-state index in [9.17, 15) is 9.18 Å². The van der Waals surface area contributed by atoms with Crippen LogP contribution >= 0.6 is 0 Å². The molecule has 0 saturated carbocycles. The summed E-state index contributed by atoms with van der Waals surface area (Å²) in [6, 6.07) is 7.14. The van der Waals surface area contributed by atoms with Gasteiger partial charge in [-0.2, -0.15) is 0 Å². The second kappa shape index (κ2) is 7.07. The zero-order valence-corrected chi connectivity index (χ0v) is 12.5. The Morgan fingerprint density at radius 2 is 2.27 bits per heavy atom. The van der Waals surface area contributed by atoms with E-state index in [4.69, 9.17) is 9.47 Å². The van der Waals surface area contributed by atoms with Crippen LogP contribution in [0, 0.1) is 0 Å². The monoisotopic (exact) mass is 308 g/mol. The van der Waals surface area contributed by atoms with Crippen molar-refractivity contribution in [3.63, 3.8) is 0 Å². The van der Waals surface area contributed by atoms with Gasteiger partial charge >= 0.3 is 0 Å². The number of halogens is 1. The summed E-state index contributed by atoms with van der Waals surface area (Å²) in [5, 5.41) is 2.81. The minimum Gasteiger partial charge on any atom is -0.462 e. The van der Waals surface area contributed by atoms with E-state index in [0.29, 0.717) is 30.9 Å². The summed E-state index contributed by atoms with van der Waals surface area (Å²) in [5.41, 5.74) is 0.524. The largest absolute Gasteiger partial charge is 0.462 e. The first-order valence-corrected chi connectivity index (χ1v) is 7.74. The van der Waals surface area contributed by atoms with E-state index in [-0.39, 0.29) is 18.7 Å². The Morgan fingerprint density at radius 3 is 3.14 bits per heavy atom. The lowest BCUT2D eigenvalue weighted by Crippen LogP contribution is -2.44. The van der Waals surface area contributed by atoms with Gasteiger partial charge in [-0.25, -0.2) is 4.39 Å². The molecule has 2 atom stereocenters. The van der Waals surface area contributed by atoms with Crippen LogP contribution in [-0.4, -0.2) is 56.1 Å². The minimum atomic E-state index is -0.511. The van der Waals surface area contributed by atoms with Crippen molar-refractivity contribution in [3.8, 4) is 5.75 Å². The second-order valence-electron chi connectivity index (χ2n) is 5.64. The molecule has 6 heteroatoms. The van der Waals surface area contributed by atoms with Crippen LogP contribution in [0.15, 0.2) is 24.3 Å². The average Bonchev–Trinajstić information content (AvgIpc) is 2.68. The summed E-state index contributed by atoms with van der Waals surface area (Å²) in [6.45, 7) is 2.04. The summed E-state index contributed by atoms with van der Waals surface area (Å²) in [5.74, 6) is 0.392. The highest BCUT2D eigenvalue weighted by Crippen LogP contribution is 2.23. The molecule has 2 aliphatic rings. The van der Waals surface area contributed by atoms with Gasteiger partial charge in [0.1, 0.15) is 12.4 Å². The highest BCUT2D eigenvalue weighted by atomic mass is 19.1. The highest BCUT2D eigenvalue weighted by Gasteiger charge is 2.27. The van der Waals surface area contributed by atoms with Crippen molar-refractivity contribution in [1.29, 1.82) is 0 Å². The zero-order chi connectivity index (χ0) is 15.4. The number of piperidine rings is 1. The minimum absolute atomic E-state index is 0.00691. The van der Waals surface area contributed by atoms with Gasteiger partial charge in [-0.1, -0.05) is 12.1 Å². The lowest BCUT2D eigenvalue weighted by Gasteiger charge is -2.33. The van der Waals surface area contributed by atoms with Crippen LogP contribution < -0.4 is 10.1 Å². The van der Waals surface area contributed by atoms with Crippen LogP contribution in [-0.2, 0) is 4.74 Å². The molecule has 0 spiro atoms. The van der Waals surface area contributed by atoms with Gasteiger partial charge in [0.05, 0.1) is 18.2 Å². The quantitative estimate of drug-likeness (QED) is 0.918. The smallest absolute Gasteiger partial charge is 0.255 e. The predicted octanol–water partition coefficient (Wildman–Crippen LogP) is 1.59. The molecule has 1 aromatic carbocycles. The van der Waals surface area contributed by atoms with Crippen LogP contribution in [0.25, 0.3) is 0 Å². The Balaban J connectivity index is 1.62. The molecule has 1 N–H and O–H groups in total. The van der Waals surface area contributed by atoms with Gasteiger partial charge in [-0.15, -0.1) is 0 Å². The van der Waals surface area contributed by atoms with Gasteiger partial charge in [0.15, 0.2) is 0 Å². The van der Waals surface area contributed by atoms with Crippen LogP contribution in [0.2, 0.25) is 0 Å². The average molecular weight is 308 g/mol. The van der Waals surface area contributed by atoms with Crippen molar-refractivity contribution in [2.75, 3.05) is 32.9 Å². The molecule has 5 nitrogen and oxygen atoms in total.